The van der Waals surface area contributed by atoms with Crippen LogP contribution in [0, 0.1) is 9.39 Å². The molecule has 4 heteroatoms. The number of carbonyl (C=O) groups excluding carboxylic acids is 1. The Labute approximate surface area is 85.3 Å². The van der Waals surface area contributed by atoms with Gasteiger partial charge in [0, 0.05) is 9.13 Å². The van der Waals surface area contributed by atoms with Crippen LogP contribution in [-0.4, -0.2) is 6.29 Å². The number of aldehydes is 1. The Morgan fingerprint density at radius 2 is 2.18 bits per heavy atom. The molecule has 58 valence electrons. The molecule has 0 amide bonds. The van der Waals surface area contributed by atoms with Crippen LogP contribution in [0.5, 0.6) is 0 Å². The van der Waals surface area contributed by atoms with E-state index >= 15 is 0 Å². The summed E-state index contributed by atoms with van der Waals surface area (Å²) >= 11 is 4.92. The highest BCUT2D eigenvalue weighted by Gasteiger charge is 2.05. The first-order chi connectivity index (χ1) is 5.15. The lowest BCUT2D eigenvalue weighted by Crippen LogP contribution is -1.88. The van der Waals surface area contributed by atoms with E-state index in [0.29, 0.717) is 15.4 Å². The Bertz CT molecular complexity index is 301. The third kappa shape index (κ3) is 1.99. The molecule has 0 aliphatic heterocycles. The monoisotopic (exact) mass is 328 g/mol. The summed E-state index contributed by atoms with van der Waals surface area (Å²) in [5.74, 6) is -0.404. The number of benzene rings is 1. The lowest BCUT2D eigenvalue weighted by Gasteiger charge is -1.98. The smallest absolute Gasteiger partial charge is 0.151 e. The molecule has 0 aromatic heterocycles. The highest BCUT2D eigenvalue weighted by atomic mass is 127. The third-order valence-corrected chi connectivity index (χ3v) is 2.61. The van der Waals surface area contributed by atoms with Crippen LogP contribution in [0.15, 0.2) is 16.6 Å². The van der Waals surface area contributed by atoms with E-state index in [1.54, 1.807) is 6.07 Å². The Hall–Kier alpha value is 0.0300. The molecule has 0 saturated heterocycles. The van der Waals surface area contributed by atoms with Crippen LogP contribution in [0.25, 0.3) is 0 Å². The fourth-order valence-corrected chi connectivity index (χ4v) is 1.59. The molecule has 0 aliphatic rings. The Kier molecular flexibility index (Phi) is 3.00. The van der Waals surface area contributed by atoms with Gasteiger partial charge >= 0.3 is 0 Å². The van der Waals surface area contributed by atoms with Gasteiger partial charge in [0.2, 0.25) is 0 Å². The summed E-state index contributed by atoms with van der Waals surface area (Å²) in [4.78, 5) is 10.3. The van der Waals surface area contributed by atoms with Crippen LogP contribution in [0.2, 0.25) is 0 Å². The predicted molar refractivity (Wildman–Crippen MR) is 52.2 cm³/mol. The third-order valence-electron chi connectivity index (χ3n) is 1.15. The maximum Gasteiger partial charge on any atom is 0.151 e. The van der Waals surface area contributed by atoms with Gasteiger partial charge in [-0.25, -0.2) is 4.39 Å². The van der Waals surface area contributed by atoms with Crippen LogP contribution < -0.4 is 0 Å². The number of halogens is 3. The minimum Gasteiger partial charge on any atom is -0.298 e. The second-order valence-electron chi connectivity index (χ2n) is 1.91. The lowest BCUT2D eigenvalue weighted by molar-refractivity contribution is 0.112. The second-order valence-corrected chi connectivity index (χ2v) is 3.95. The number of rotatable bonds is 1. The van der Waals surface area contributed by atoms with Crippen molar-refractivity contribution in [2.45, 2.75) is 0 Å². The Morgan fingerprint density at radius 3 is 2.73 bits per heavy atom. The minimum absolute atomic E-state index is 0.230. The van der Waals surface area contributed by atoms with E-state index in [4.69, 9.17) is 0 Å². The van der Waals surface area contributed by atoms with Gasteiger partial charge in [0.25, 0.3) is 0 Å². The van der Waals surface area contributed by atoms with E-state index in [1.165, 1.54) is 6.07 Å². The van der Waals surface area contributed by atoms with Crippen molar-refractivity contribution >= 4 is 44.8 Å². The molecular formula is C7H3BrFIO. The highest BCUT2D eigenvalue weighted by Crippen LogP contribution is 2.21. The maximum atomic E-state index is 12.8. The zero-order valence-electron chi connectivity index (χ0n) is 5.27. The van der Waals surface area contributed by atoms with Crippen LogP contribution in [0.1, 0.15) is 10.4 Å². The highest BCUT2D eigenvalue weighted by molar-refractivity contribution is 14.1. The van der Waals surface area contributed by atoms with Gasteiger partial charge in [-0.2, -0.15) is 0 Å². The summed E-state index contributed by atoms with van der Waals surface area (Å²) < 4.78 is 13.8. The largest absolute Gasteiger partial charge is 0.298 e. The normalized spacial score (nSPS) is 9.73. The van der Waals surface area contributed by atoms with Crippen molar-refractivity contribution in [3.63, 3.8) is 0 Å². The average molecular weight is 329 g/mol. The van der Waals surface area contributed by atoms with Crippen molar-refractivity contribution in [1.82, 2.24) is 0 Å². The van der Waals surface area contributed by atoms with E-state index in [2.05, 4.69) is 15.9 Å². The van der Waals surface area contributed by atoms with E-state index in [0.717, 1.165) is 0 Å². The van der Waals surface area contributed by atoms with Gasteiger partial charge < -0.3 is 0 Å². The van der Waals surface area contributed by atoms with E-state index in [9.17, 15) is 9.18 Å². The van der Waals surface area contributed by atoms with Gasteiger partial charge in [-0.15, -0.1) is 0 Å². The van der Waals surface area contributed by atoms with Gasteiger partial charge in [0.1, 0.15) is 5.82 Å². The van der Waals surface area contributed by atoms with Gasteiger partial charge in [-0.3, -0.25) is 4.79 Å². The molecule has 0 fully saturated rings. The van der Waals surface area contributed by atoms with Crippen molar-refractivity contribution in [2.75, 3.05) is 0 Å². The van der Waals surface area contributed by atoms with E-state index in [-0.39, 0.29) is 4.47 Å². The molecule has 11 heavy (non-hydrogen) atoms. The molecule has 0 bridgehead atoms. The molecule has 1 rings (SSSR count). The predicted octanol–water partition coefficient (Wildman–Crippen LogP) is 3.01. The van der Waals surface area contributed by atoms with Gasteiger partial charge in [-0.1, -0.05) is 0 Å². The number of hydrogen-bond acceptors (Lipinski definition) is 1. The molecular weight excluding hydrogens is 326 g/mol. The molecule has 0 saturated carbocycles. The molecule has 0 N–H and O–H groups in total. The van der Waals surface area contributed by atoms with Crippen molar-refractivity contribution in [1.29, 1.82) is 0 Å². The molecule has 1 aromatic carbocycles. The summed E-state index contributed by atoms with van der Waals surface area (Å²) in [6.07, 6.45) is 0.620. The first-order valence-corrected chi connectivity index (χ1v) is 4.62. The minimum atomic E-state index is -0.404. The first-order valence-electron chi connectivity index (χ1n) is 2.75. The van der Waals surface area contributed by atoms with Gasteiger partial charge in [0.05, 0.1) is 4.47 Å². The van der Waals surface area contributed by atoms with Crippen LogP contribution >= 0.6 is 38.5 Å². The average Bonchev–Trinajstić information content (AvgIpc) is 1.96. The Morgan fingerprint density at radius 1 is 1.55 bits per heavy atom. The van der Waals surface area contributed by atoms with Crippen molar-refractivity contribution in [2.24, 2.45) is 0 Å². The van der Waals surface area contributed by atoms with Crippen molar-refractivity contribution in [3.8, 4) is 0 Å². The molecule has 0 atom stereocenters. The molecule has 0 unspecified atom stereocenters. The van der Waals surface area contributed by atoms with E-state index < -0.39 is 5.82 Å². The molecule has 1 nitrogen and oxygen atoms in total. The summed E-state index contributed by atoms with van der Waals surface area (Å²) in [6.45, 7) is 0. The first kappa shape index (κ1) is 9.12. The van der Waals surface area contributed by atoms with Crippen LogP contribution in [0.4, 0.5) is 4.39 Å². The topological polar surface area (TPSA) is 17.1 Å². The molecule has 0 radical (unpaired) electrons. The number of hydrogen-bond donors (Lipinski definition) is 0. The standard InChI is InChI=1S/C7H3BrFIO/c8-7-4(3-11)1-5(10)2-6(7)9/h1-3H. The zero-order chi connectivity index (χ0) is 8.43. The fraction of sp³-hybridized carbons (Fsp3) is 0. The molecule has 1 aromatic rings. The van der Waals surface area contributed by atoms with Gasteiger partial charge in [-0.05, 0) is 50.7 Å². The van der Waals surface area contributed by atoms with Crippen molar-refractivity contribution < 1.29 is 9.18 Å². The van der Waals surface area contributed by atoms with Gasteiger partial charge in [0.15, 0.2) is 6.29 Å². The SMILES string of the molecule is O=Cc1cc(I)cc(F)c1Br. The molecule has 0 spiro atoms. The summed E-state index contributed by atoms with van der Waals surface area (Å²) in [6, 6.07) is 2.97. The second kappa shape index (κ2) is 3.62. The van der Waals surface area contributed by atoms with Crippen LogP contribution in [0.3, 0.4) is 0 Å². The van der Waals surface area contributed by atoms with Crippen molar-refractivity contribution in [3.05, 3.63) is 31.6 Å². The van der Waals surface area contributed by atoms with Crippen LogP contribution in [-0.2, 0) is 0 Å². The maximum absolute atomic E-state index is 12.8. The summed E-state index contributed by atoms with van der Waals surface area (Å²) in [5.41, 5.74) is 0.342. The quantitative estimate of drug-likeness (QED) is 0.440. The lowest BCUT2D eigenvalue weighted by atomic mass is 10.2. The molecule has 0 aliphatic carbocycles. The number of carbonyl (C=O) groups is 1. The summed E-state index contributed by atoms with van der Waals surface area (Å²) in [5, 5.41) is 0. The summed E-state index contributed by atoms with van der Waals surface area (Å²) in [7, 11) is 0. The van der Waals surface area contributed by atoms with E-state index in [1.807, 2.05) is 22.6 Å². The fourth-order valence-electron chi connectivity index (χ4n) is 0.662. The zero-order valence-corrected chi connectivity index (χ0v) is 9.02. The molecule has 0 heterocycles. The Balaban J connectivity index is 3.35.